The van der Waals surface area contributed by atoms with Crippen molar-refractivity contribution in [3.63, 3.8) is 0 Å². The summed E-state index contributed by atoms with van der Waals surface area (Å²) >= 11 is 0. The Kier molecular flexibility index (Phi) is 3.86. The van der Waals surface area contributed by atoms with Gasteiger partial charge in [0.05, 0.1) is 11.4 Å². The summed E-state index contributed by atoms with van der Waals surface area (Å²) in [5.41, 5.74) is 7.65. The summed E-state index contributed by atoms with van der Waals surface area (Å²) in [5, 5.41) is 6.89. The highest BCUT2D eigenvalue weighted by Crippen LogP contribution is 2.17. The molecule has 2 rings (SSSR count). The molecule has 0 atom stereocenters. The third-order valence-corrected chi connectivity index (χ3v) is 3.45. The minimum absolute atomic E-state index is 0.0567. The van der Waals surface area contributed by atoms with Gasteiger partial charge < -0.3 is 15.5 Å². The molecule has 0 spiro atoms. The fourth-order valence-electron chi connectivity index (χ4n) is 2.22. The number of likely N-dealkylation sites (N-methyl/N-ethyl adjacent to an activating group) is 1. The molecule has 1 aromatic heterocycles. The minimum Gasteiger partial charge on any atom is -0.395 e. The number of aromatic amines is 1. The van der Waals surface area contributed by atoms with Crippen LogP contribution in [0.25, 0.3) is 0 Å². The predicted octanol–water partition coefficient (Wildman–Crippen LogP) is 0.332. The van der Waals surface area contributed by atoms with Crippen molar-refractivity contribution in [2.24, 2.45) is 0 Å². The first-order chi connectivity index (χ1) is 8.63. The van der Waals surface area contributed by atoms with Crippen LogP contribution in [0.4, 0.5) is 5.69 Å². The topological polar surface area (TPSA) is 78.2 Å². The molecule has 6 nitrogen and oxygen atoms in total. The van der Waals surface area contributed by atoms with Crippen LogP contribution in [0.5, 0.6) is 0 Å². The number of nitrogens with two attached hydrogens (primary N) is 1. The standard InChI is InChI=1S/C12H21N5O/c1-3-9-10(13)11(15-14-9)12(18)17-6-4-5-16(2)7-8-17/h3-8,13H2,1-2H3,(H,14,15). The van der Waals surface area contributed by atoms with E-state index in [0.717, 1.165) is 44.7 Å². The van der Waals surface area contributed by atoms with Gasteiger partial charge in [-0.1, -0.05) is 6.92 Å². The van der Waals surface area contributed by atoms with Gasteiger partial charge in [-0.3, -0.25) is 9.89 Å². The van der Waals surface area contributed by atoms with E-state index in [1.54, 1.807) is 0 Å². The molecule has 0 unspecified atom stereocenters. The number of anilines is 1. The minimum atomic E-state index is -0.0567. The van der Waals surface area contributed by atoms with Crippen molar-refractivity contribution in [2.75, 3.05) is 39.0 Å². The number of hydrogen-bond acceptors (Lipinski definition) is 4. The average molecular weight is 251 g/mol. The van der Waals surface area contributed by atoms with Crippen LogP contribution in [0, 0.1) is 0 Å². The van der Waals surface area contributed by atoms with Crippen molar-refractivity contribution in [3.05, 3.63) is 11.4 Å². The molecule has 0 aromatic carbocycles. The maximum Gasteiger partial charge on any atom is 0.276 e. The van der Waals surface area contributed by atoms with Crippen molar-refractivity contribution >= 4 is 11.6 Å². The molecule has 2 heterocycles. The molecule has 1 aromatic rings. The zero-order valence-electron chi connectivity index (χ0n) is 11.1. The first kappa shape index (κ1) is 12.9. The Bertz CT molecular complexity index is 428. The normalized spacial score (nSPS) is 17.8. The van der Waals surface area contributed by atoms with Crippen molar-refractivity contribution in [1.82, 2.24) is 20.0 Å². The number of aryl methyl sites for hydroxylation is 1. The highest BCUT2D eigenvalue weighted by atomic mass is 16.2. The van der Waals surface area contributed by atoms with Gasteiger partial charge in [0.1, 0.15) is 0 Å². The Morgan fingerprint density at radius 1 is 1.39 bits per heavy atom. The molecule has 1 fully saturated rings. The second-order valence-corrected chi connectivity index (χ2v) is 4.77. The van der Waals surface area contributed by atoms with Crippen LogP contribution in [0.2, 0.25) is 0 Å². The van der Waals surface area contributed by atoms with Gasteiger partial charge >= 0.3 is 0 Å². The fraction of sp³-hybridized carbons (Fsp3) is 0.667. The van der Waals surface area contributed by atoms with Gasteiger partial charge in [-0.2, -0.15) is 5.10 Å². The van der Waals surface area contributed by atoms with Crippen LogP contribution in [-0.4, -0.2) is 59.1 Å². The lowest BCUT2D eigenvalue weighted by atomic mass is 10.2. The second kappa shape index (κ2) is 5.39. The Hall–Kier alpha value is -1.56. The number of rotatable bonds is 2. The third kappa shape index (κ3) is 2.48. The maximum absolute atomic E-state index is 12.4. The number of amides is 1. The van der Waals surface area contributed by atoms with E-state index in [9.17, 15) is 4.79 Å². The summed E-state index contributed by atoms with van der Waals surface area (Å²) < 4.78 is 0. The first-order valence-corrected chi connectivity index (χ1v) is 6.44. The number of aromatic nitrogens is 2. The number of hydrogen-bond donors (Lipinski definition) is 2. The second-order valence-electron chi connectivity index (χ2n) is 4.77. The third-order valence-electron chi connectivity index (χ3n) is 3.45. The maximum atomic E-state index is 12.4. The van der Waals surface area contributed by atoms with Crippen LogP contribution >= 0.6 is 0 Å². The van der Waals surface area contributed by atoms with E-state index in [-0.39, 0.29) is 5.91 Å². The molecule has 3 N–H and O–H groups in total. The van der Waals surface area contributed by atoms with Crippen LogP contribution in [0.1, 0.15) is 29.5 Å². The molecule has 0 saturated carbocycles. The lowest BCUT2D eigenvalue weighted by Gasteiger charge is -2.19. The first-order valence-electron chi connectivity index (χ1n) is 6.44. The van der Waals surface area contributed by atoms with Crippen LogP contribution in [0.15, 0.2) is 0 Å². The summed E-state index contributed by atoms with van der Waals surface area (Å²) in [7, 11) is 2.08. The monoisotopic (exact) mass is 251 g/mol. The van der Waals surface area contributed by atoms with Crippen LogP contribution in [-0.2, 0) is 6.42 Å². The van der Waals surface area contributed by atoms with Gasteiger partial charge in [0.2, 0.25) is 0 Å². The molecule has 0 radical (unpaired) electrons. The van der Waals surface area contributed by atoms with E-state index in [1.807, 2.05) is 11.8 Å². The summed E-state index contributed by atoms with van der Waals surface area (Å²) in [6.45, 7) is 5.43. The summed E-state index contributed by atoms with van der Waals surface area (Å²) in [5.74, 6) is -0.0567. The van der Waals surface area contributed by atoms with E-state index < -0.39 is 0 Å². The lowest BCUT2D eigenvalue weighted by molar-refractivity contribution is 0.0758. The zero-order chi connectivity index (χ0) is 13.1. The van der Waals surface area contributed by atoms with Crippen molar-refractivity contribution in [1.29, 1.82) is 0 Å². The predicted molar refractivity (Wildman–Crippen MR) is 70.4 cm³/mol. The molecule has 1 aliphatic heterocycles. The van der Waals surface area contributed by atoms with Crippen LogP contribution in [0.3, 0.4) is 0 Å². The largest absolute Gasteiger partial charge is 0.395 e. The fourth-order valence-corrected chi connectivity index (χ4v) is 2.22. The lowest BCUT2D eigenvalue weighted by Crippen LogP contribution is -2.35. The van der Waals surface area contributed by atoms with E-state index >= 15 is 0 Å². The highest BCUT2D eigenvalue weighted by molar-refractivity contribution is 5.97. The van der Waals surface area contributed by atoms with Gasteiger partial charge in [-0.05, 0) is 26.4 Å². The average Bonchev–Trinajstić information content (AvgIpc) is 2.59. The summed E-state index contributed by atoms with van der Waals surface area (Å²) in [4.78, 5) is 16.4. The van der Waals surface area contributed by atoms with Gasteiger partial charge in [0.25, 0.3) is 5.91 Å². The van der Waals surface area contributed by atoms with E-state index in [4.69, 9.17) is 5.73 Å². The van der Waals surface area contributed by atoms with Gasteiger partial charge in [-0.15, -0.1) is 0 Å². The summed E-state index contributed by atoms with van der Waals surface area (Å²) in [6.07, 6.45) is 1.75. The number of carbonyl (C=O) groups excluding carboxylic acids is 1. The summed E-state index contributed by atoms with van der Waals surface area (Å²) in [6, 6.07) is 0. The van der Waals surface area contributed by atoms with Crippen LogP contribution < -0.4 is 5.73 Å². The molecule has 1 amide bonds. The Balaban J connectivity index is 2.12. The molecule has 6 heteroatoms. The zero-order valence-corrected chi connectivity index (χ0v) is 11.1. The number of nitrogens with zero attached hydrogens (tertiary/aromatic N) is 3. The van der Waals surface area contributed by atoms with Gasteiger partial charge in [0, 0.05) is 19.6 Å². The molecule has 18 heavy (non-hydrogen) atoms. The van der Waals surface area contributed by atoms with Crippen molar-refractivity contribution in [3.8, 4) is 0 Å². The Morgan fingerprint density at radius 2 is 2.17 bits per heavy atom. The van der Waals surface area contributed by atoms with E-state index in [2.05, 4.69) is 22.1 Å². The number of carbonyl (C=O) groups is 1. The molecular weight excluding hydrogens is 230 g/mol. The van der Waals surface area contributed by atoms with E-state index in [1.165, 1.54) is 0 Å². The van der Waals surface area contributed by atoms with Crippen molar-refractivity contribution < 1.29 is 4.79 Å². The molecule has 1 saturated heterocycles. The molecule has 100 valence electrons. The number of nitrogens with one attached hydrogen (secondary N) is 1. The number of H-pyrrole nitrogens is 1. The smallest absolute Gasteiger partial charge is 0.276 e. The number of nitrogen functional groups attached to an aromatic ring is 1. The van der Waals surface area contributed by atoms with E-state index in [0.29, 0.717) is 11.4 Å². The highest BCUT2D eigenvalue weighted by Gasteiger charge is 2.23. The molecular formula is C12H21N5O. The molecule has 0 aliphatic carbocycles. The van der Waals surface area contributed by atoms with Crippen molar-refractivity contribution in [2.45, 2.75) is 19.8 Å². The molecule has 1 aliphatic rings. The molecule has 0 bridgehead atoms. The Labute approximate surface area is 107 Å². The van der Waals surface area contributed by atoms with Gasteiger partial charge in [-0.25, -0.2) is 0 Å². The SMILES string of the molecule is CCc1[nH]nc(C(=O)N2CCCN(C)CC2)c1N. The van der Waals surface area contributed by atoms with Gasteiger partial charge in [0.15, 0.2) is 5.69 Å². The quantitative estimate of drug-likeness (QED) is 0.794. The Morgan fingerprint density at radius 3 is 2.83 bits per heavy atom.